The standard InChI is InChI=1S/C11H15BrFNS/c1-14-9(7-15-2)6-8-4-3-5-10(13)11(8)12/h3-5,9,14H,6-7H2,1-2H3. The van der Waals surface area contributed by atoms with Crippen molar-refractivity contribution >= 4 is 27.7 Å². The molecule has 0 heterocycles. The van der Waals surface area contributed by atoms with Crippen LogP contribution in [0.1, 0.15) is 5.56 Å². The summed E-state index contributed by atoms with van der Waals surface area (Å²) in [6.45, 7) is 0. The molecule has 1 atom stereocenters. The van der Waals surface area contributed by atoms with Crippen LogP contribution in [0.5, 0.6) is 0 Å². The molecule has 0 fully saturated rings. The number of likely N-dealkylation sites (N-methyl/N-ethyl adjacent to an activating group) is 1. The second-order valence-corrected chi connectivity index (χ2v) is 5.06. The minimum Gasteiger partial charge on any atom is -0.316 e. The summed E-state index contributed by atoms with van der Waals surface area (Å²) >= 11 is 5.07. The van der Waals surface area contributed by atoms with Crippen molar-refractivity contribution in [1.82, 2.24) is 5.32 Å². The zero-order valence-corrected chi connectivity index (χ0v) is 11.3. The van der Waals surface area contributed by atoms with E-state index in [9.17, 15) is 4.39 Å². The third kappa shape index (κ3) is 3.78. The molecule has 0 aliphatic heterocycles. The van der Waals surface area contributed by atoms with E-state index in [1.165, 1.54) is 6.07 Å². The van der Waals surface area contributed by atoms with E-state index < -0.39 is 0 Å². The molecule has 1 nitrogen and oxygen atoms in total. The van der Waals surface area contributed by atoms with Crippen molar-refractivity contribution in [2.75, 3.05) is 19.1 Å². The van der Waals surface area contributed by atoms with Crippen molar-refractivity contribution in [2.24, 2.45) is 0 Å². The van der Waals surface area contributed by atoms with Gasteiger partial charge in [0.25, 0.3) is 0 Å². The molecule has 0 saturated heterocycles. The minimum atomic E-state index is -0.188. The van der Waals surface area contributed by atoms with E-state index in [2.05, 4.69) is 27.5 Å². The van der Waals surface area contributed by atoms with Gasteiger partial charge in [-0.15, -0.1) is 0 Å². The van der Waals surface area contributed by atoms with Crippen molar-refractivity contribution in [3.8, 4) is 0 Å². The summed E-state index contributed by atoms with van der Waals surface area (Å²) in [6, 6.07) is 5.56. The molecule has 0 aliphatic carbocycles. The normalized spacial score (nSPS) is 12.8. The molecule has 1 aromatic rings. The summed E-state index contributed by atoms with van der Waals surface area (Å²) in [5.74, 6) is 0.839. The van der Waals surface area contributed by atoms with Gasteiger partial charge in [0.1, 0.15) is 5.82 Å². The Morgan fingerprint density at radius 1 is 1.53 bits per heavy atom. The molecule has 1 N–H and O–H groups in total. The zero-order chi connectivity index (χ0) is 11.3. The molecule has 0 aromatic heterocycles. The smallest absolute Gasteiger partial charge is 0.137 e. The lowest BCUT2D eigenvalue weighted by Crippen LogP contribution is -2.30. The first kappa shape index (κ1) is 13.0. The maximum absolute atomic E-state index is 13.2. The summed E-state index contributed by atoms with van der Waals surface area (Å²) in [5.41, 5.74) is 1.02. The minimum absolute atomic E-state index is 0.188. The third-order valence-electron chi connectivity index (χ3n) is 2.27. The number of nitrogens with one attached hydrogen (secondary N) is 1. The van der Waals surface area contributed by atoms with E-state index in [1.807, 2.05) is 13.1 Å². The van der Waals surface area contributed by atoms with E-state index in [1.54, 1.807) is 17.8 Å². The highest BCUT2D eigenvalue weighted by atomic mass is 79.9. The van der Waals surface area contributed by atoms with Gasteiger partial charge in [-0.1, -0.05) is 12.1 Å². The summed E-state index contributed by atoms with van der Waals surface area (Å²) in [4.78, 5) is 0. The SMILES string of the molecule is CNC(CSC)Cc1cccc(F)c1Br. The van der Waals surface area contributed by atoms with E-state index >= 15 is 0 Å². The van der Waals surface area contributed by atoms with Gasteiger partial charge in [0.05, 0.1) is 4.47 Å². The number of benzene rings is 1. The molecule has 84 valence electrons. The van der Waals surface area contributed by atoms with Gasteiger partial charge in [-0.05, 0) is 47.3 Å². The molecule has 0 spiro atoms. The predicted molar refractivity (Wildman–Crippen MR) is 69.0 cm³/mol. The second-order valence-electron chi connectivity index (χ2n) is 3.36. The first-order chi connectivity index (χ1) is 7.19. The number of thioether (sulfide) groups is 1. The quantitative estimate of drug-likeness (QED) is 0.895. The molecular formula is C11H15BrFNS. The number of hydrogen-bond acceptors (Lipinski definition) is 2. The second kappa shape index (κ2) is 6.51. The van der Waals surface area contributed by atoms with Gasteiger partial charge >= 0.3 is 0 Å². The Labute approximate surface area is 103 Å². The summed E-state index contributed by atoms with van der Waals surface area (Å²) in [5, 5.41) is 3.23. The predicted octanol–water partition coefficient (Wildman–Crippen LogP) is 3.08. The van der Waals surface area contributed by atoms with Crippen LogP contribution in [-0.2, 0) is 6.42 Å². The summed E-state index contributed by atoms with van der Waals surface area (Å²) < 4.78 is 13.8. The molecule has 4 heteroatoms. The van der Waals surface area contributed by atoms with Crippen LogP contribution in [0.25, 0.3) is 0 Å². The Morgan fingerprint density at radius 2 is 2.27 bits per heavy atom. The van der Waals surface area contributed by atoms with Crippen LogP contribution in [0.2, 0.25) is 0 Å². The van der Waals surface area contributed by atoms with Gasteiger partial charge in [-0.3, -0.25) is 0 Å². The number of rotatable bonds is 5. The van der Waals surface area contributed by atoms with Crippen LogP contribution in [0, 0.1) is 5.82 Å². The van der Waals surface area contributed by atoms with Crippen LogP contribution in [-0.4, -0.2) is 25.1 Å². The van der Waals surface area contributed by atoms with Crippen molar-refractivity contribution in [3.05, 3.63) is 34.1 Å². The van der Waals surface area contributed by atoms with Crippen LogP contribution in [0.4, 0.5) is 4.39 Å². The highest BCUT2D eigenvalue weighted by Gasteiger charge is 2.10. The highest BCUT2D eigenvalue weighted by molar-refractivity contribution is 9.10. The van der Waals surface area contributed by atoms with E-state index in [4.69, 9.17) is 0 Å². The van der Waals surface area contributed by atoms with Gasteiger partial charge in [0, 0.05) is 11.8 Å². The Bertz CT molecular complexity index is 319. The Hall–Kier alpha value is -0.0600. The first-order valence-electron chi connectivity index (χ1n) is 4.78. The van der Waals surface area contributed by atoms with Gasteiger partial charge in [0.15, 0.2) is 0 Å². The lowest BCUT2D eigenvalue weighted by atomic mass is 10.1. The monoisotopic (exact) mass is 291 g/mol. The fraction of sp³-hybridized carbons (Fsp3) is 0.455. The van der Waals surface area contributed by atoms with E-state index in [-0.39, 0.29) is 5.82 Å². The van der Waals surface area contributed by atoms with E-state index in [0.717, 1.165) is 17.7 Å². The fourth-order valence-corrected chi connectivity index (χ4v) is 2.53. The summed E-state index contributed by atoms with van der Waals surface area (Å²) in [7, 11) is 1.94. The fourth-order valence-electron chi connectivity index (χ4n) is 1.42. The summed E-state index contributed by atoms with van der Waals surface area (Å²) in [6.07, 6.45) is 2.92. The van der Waals surface area contributed by atoms with Crippen LogP contribution in [0.3, 0.4) is 0 Å². The first-order valence-corrected chi connectivity index (χ1v) is 6.96. The Balaban J connectivity index is 2.74. The van der Waals surface area contributed by atoms with Crippen LogP contribution in [0.15, 0.2) is 22.7 Å². The topological polar surface area (TPSA) is 12.0 Å². The van der Waals surface area contributed by atoms with Gasteiger partial charge < -0.3 is 5.32 Å². The molecule has 1 rings (SSSR count). The van der Waals surface area contributed by atoms with Crippen molar-refractivity contribution < 1.29 is 4.39 Å². The number of halogens is 2. The Morgan fingerprint density at radius 3 is 2.87 bits per heavy atom. The molecule has 0 radical (unpaired) electrons. The van der Waals surface area contributed by atoms with Crippen molar-refractivity contribution in [2.45, 2.75) is 12.5 Å². The molecule has 1 aromatic carbocycles. The lowest BCUT2D eigenvalue weighted by Gasteiger charge is -2.15. The molecule has 0 aliphatic rings. The number of hydrogen-bond donors (Lipinski definition) is 1. The highest BCUT2D eigenvalue weighted by Crippen LogP contribution is 2.22. The maximum Gasteiger partial charge on any atom is 0.137 e. The molecule has 0 saturated carbocycles. The third-order valence-corrected chi connectivity index (χ3v) is 3.90. The van der Waals surface area contributed by atoms with Crippen molar-refractivity contribution in [1.29, 1.82) is 0 Å². The van der Waals surface area contributed by atoms with Crippen LogP contribution >= 0.6 is 27.7 Å². The maximum atomic E-state index is 13.2. The average molecular weight is 292 g/mol. The Kier molecular flexibility index (Phi) is 5.64. The van der Waals surface area contributed by atoms with Gasteiger partial charge in [-0.25, -0.2) is 4.39 Å². The zero-order valence-electron chi connectivity index (χ0n) is 8.89. The van der Waals surface area contributed by atoms with Crippen LogP contribution < -0.4 is 5.32 Å². The average Bonchev–Trinajstić information content (AvgIpc) is 2.24. The molecule has 0 amide bonds. The molecule has 1 unspecified atom stereocenters. The van der Waals surface area contributed by atoms with Gasteiger partial charge in [0.2, 0.25) is 0 Å². The van der Waals surface area contributed by atoms with E-state index in [0.29, 0.717) is 10.5 Å². The van der Waals surface area contributed by atoms with Crippen molar-refractivity contribution in [3.63, 3.8) is 0 Å². The molecule has 15 heavy (non-hydrogen) atoms. The lowest BCUT2D eigenvalue weighted by molar-refractivity contribution is 0.597. The van der Waals surface area contributed by atoms with Gasteiger partial charge in [-0.2, -0.15) is 11.8 Å². The molecule has 0 bridgehead atoms. The molecular weight excluding hydrogens is 277 g/mol. The largest absolute Gasteiger partial charge is 0.316 e.